The quantitative estimate of drug-likeness (QED) is 0.649. The lowest BCUT2D eigenvalue weighted by Crippen LogP contribution is -2.40. The van der Waals surface area contributed by atoms with E-state index in [1.807, 2.05) is 12.2 Å². The molecule has 0 fully saturated rings. The van der Waals surface area contributed by atoms with Crippen molar-refractivity contribution in [2.45, 2.75) is 20.3 Å². The van der Waals surface area contributed by atoms with E-state index < -0.39 is 24.5 Å². The van der Waals surface area contributed by atoms with Crippen molar-refractivity contribution >= 4 is 17.9 Å². The van der Waals surface area contributed by atoms with Crippen LogP contribution in [0, 0.1) is 5.92 Å². The van der Waals surface area contributed by atoms with Crippen LogP contribution in [-0.2, 0) is 14.3 Å². The highest BCUT2D eigenvalue weighted by Gasteiger charge is 2.14. The lowest BCUT2D eigenvalue weighted by molar-refractivity contribution is -0.151. The molecule has 3 amide bonds. The first kappa shape index (κ1) is 13.4. The Hall–Kier alpha value is -1.59. The molecule has 86 valence electrons. The molecule has 0 saturated carbocycles. The number of nitrogens with one attached hydrogen (secondary N) is 2. The molecule has 0 saturated heterocycles. The van der Waals surface area contributed by atoms with E-state index in [9.17, 15) is 14.4 Å². The molecule has 0 aromatic rings. The Bertz CT molecular complexity index is 252. The number of hydrogen-bond donors (Lipinski definition) is 2. The van der Waals surface area contributed by atoms with Gasteiger partial charge >= 0.3 is 12.0 Å². The summed E-state index contributed by atoms with van der Waals surface area (Å²) in [5, 5.41) is 4.18. The molecule has 0 aromatic heterocycles. The van der Waals surface area contributed by atoms with Gasteiger partial charge in [-0.05, 0) is 6.42 Å². The highest BCUT2D eigenvalue weighted by molar-refractivity contribution is 5.95. The summed E-state index contributed by atoms with van der Waals surface area (Å²) in [4.78, 5) is 32.8. The Balaban J connectivity index is 3.81. The number of carbonyl (C=O) groups excluding carboxylic acids is 3. The van der Waals surface area contributed by atoms with Crippen LogP contribution in [0.2, 0.25) is 0 Å². The minimum absolute atomic E-state index is 0.238. The maximum absolute atomic E-state index is 11.1. The third-order valence-electron chi connectivity index (χ3n) is 1.84. The number of imide groups is 1. The molecule has 6 nitrogen and oxygen atoms in total. The molecule has 0 spiro atoms. The van der Waals surface area contributed by atoms with Crippen LogP contribution < -0.4 is 10.6 Å². The number of esters is 1. The molecule has 0 rings (SSSR count). The number of hydrogen-bond acceptors (Lipinski definition) is 4. The van der Waals surface area contributed by atoms with Gasteiger partial charge in [0.05, 0.1) is 5.92 Å². The molecule has 15 heavy (non-hydrogen) atoms. The number of amides is 3. The van der Waals surface area contributed by atoms with E-state index in [-0.39, 0.29) is 5.92 Å². The van der Waals surface area contributed by atoms with Crippen LogP contribution in [0.25, 0.3) is 0 Å². The van der Waals surface area contributed by atoms with Crippen molar-refractivity contribution in [2.75, 3.05) is 13.7 Å². The summed E-state index contributed by atoms with van der Waals surface area (Å²) in [7, 11) is 1.38. The van der Waals surface area contributed by atoms with Gasteiger partial charge in [-0.25, -0.2) is 4.79 Å². The first-order valence-electron chi connectivity index (χ1n) is 4.69. The second-order valence-electron chi connectivity index (χ2n) is 3.04. The number of carbonyl (C=O) groups is 3. The predicted octanol–water partition coefficient (Wildman–Crippen LogP) is 0.0313. The third kappa shape index (κ3) is 5.66. The van der Waals surface area contributed by atoms with Crippen molar-refractivity contribution in [3.8, 4) is 0 Å². The van der Waals surface area contributed by atoms with Crippen molar-refractivity contribution in [1.29, 1.82) is 0 Å². The van der Waals surface area contributed by atoms with Crippen molar-refractivity contribution in [2.24, 2.45) is 5.92 Å². The highest BCUT2D eigenvalue weighted by atomic mass is 16.5. The molecule has 0 aromatic carbocycles. The van der Waals surface area contributed by atoms with Gasteiger partial charge in [0, 0.05) is 7.05 Å². The summed E-state index contributed by atoms with van der Waals surface area (Å²) in [5.41, 5.74) is 0. The minimum Gasteiger partial charge on any atom is -0.455 e. The van der Waals surface area contributed by atoms with Gasteiger partial charge in [0.1, 0.15) is 0 Å². The van der Waals surface area contributed by atoms with Crippen LogP contribution in [0.5, 0.6) is 0 Å². The highest BCUT2D eigenvalue weighted by Crippen LogP contribution is 2.02. The summed E-state index contributed by atoms with van der Waals surface area (Å²) in [6, 6.07) is -0.625. The lowest BCUT2D eigenvalue weighted by Gasteiger charge is -2.08. The molecule has 0 bridgehead atoms. The fourth-order valence-electron chi connectivity index (χ4n) is 0.671. The lowest BCUT2D eigenvalue weighted by atomic mass is 10.1. The maximum Gasteiger partial charge on any atom is 0.321 e. The summed E-state index contributed by atoms with van der Waals surface area (Å²) in [6.45, 7) is 3.12. The van der Waals surface area contributed by atoms with E-state index in [4.69, 9.17) is 0 Å². The number of ether oxygens (including phenoxy) is 1. The van der Waals surface area contributed by atoms with Gasteiger partial charge in [0.15, 0.2) is 6.61 Å². The zero-order chi connectivity index (χ0) is 11.8. The molecule has 1 atom stereocenters. The number of urea groups is 1. The molecule has 0 radical (unpaired) electrons. The molecule has 0 heterocycles. The van der Waals surface area contributed by atoms with E-state index in [1.54, 1.807) is 6.92 Å². The second-order valence-corrected chi connectivity index (χ2v) is 3.04. The molecule has 0 aliphatic carbocycles. The van der Waals surface area contributed by atoms with Gasteiger partial charge in [-0.2, -0.15) is 0 Å². The van der Waals surface area contributed by atoms with Gasteiger partial charge in [-0.15, -0.1) is 0 Å². The van der Waals surface area contributed by atoms with Gasteiger partial charge in [-0.3, -0.25) is 14.9 Å². The molecular formula is C9H16N2O4. The molecule has 2 N–H and O–H groups in total. The molecule has 6 heteroatoms. The average molecular weight is 216 g/mol. The Labute approximate surface area is 88.4 Å². The fraction of sp³-hybridized carbons (Fsp3) is 0.667. The first-order chi connectivity index (χ1) is 7.01. The standard InChI is InChI=1S/C9H16N2O4/c1-4-6(2)8(13)15-5-7(12)11-9(14)10-3/h6H,4-5H2,1-3H3,(H2,10,11,12,14). The van der Waals surface area contributed by atoms with Crippen molar-refractivity contribution in [3.05, 3.63) is 0 Å². The third-order valence-corrected chi connectivity index (χ3v) is 1.84. The van der Waals surface area contributed by atoms with E-state index in [2.05, 4.69) is 10.1 Å². The van der Waals surface area contributed by atoms with Crippen molar-refractivity contribution in [3.63, 3.8) is 0 Å². The topological polar surface area (TPSA) is 84.5 Å². The summed E-state index contributed by atoms with van der Waals surface area (Å²) >= 11 is 0. The van der Waals surface area contributed by atoms with E-state index in [0.717, 1.165) is 0 Å². The molecule has 1 unspecified atom stereocenters. The van der Waals surface area contributed by atoms with Crippen LogP contribution in [0.15, 0.2) is 0 Å². The molecule has 0 aliphatic rings. The first-order valence-corrected chi connectivity index (χ1v) is 4.69. The zero-order valence-corrected chi connectivity index (χ0v) is 9.12. The number of rotatable bonds is 4. The van der Waals surface area contributed by atoms with Gasteiger partial charge in [0.2, 0.25) is 0 Å². The van der Waals surface area contributed by atoms with Crippen LogP contribution in [0.3, 0.4) is 0 Å². The van der Waals surface area contributed by atoms with Crippen LogP contribution in [0.1, 0.15) is 20.3 Å². The van der Waals surface area contributed by atoms with Crippen LogP contribution >= 0.6 is 0 Å². The Morgan fingerprint density at radius 3 is 2.40 bits per heavy atom. The second kappa shape index (κ2) is 6.80. The van der Waals surface area contributed by atoms with Gasteiger partial charge in [-0.1, -0.05) is 13.8 Å². The van der Waals surface area contributed by atoms with E-state index in [0.29, 0.717) is 6.42 Å². The minimum atomic E-state index is -0.647. The normalized spacial score (nSPS) is 11.4. The predicted molar refractivity (Wildman–Crippen MR) is 53.0 cm³/mol. The molecular weight excluding hydrogens is 200 g/mol. The van der Waals surface area contributed by atoms with Crippen LogP contribution in [0.4, 0.5) is 4.79 Å². The van der Waals surface area contributed by atoms with E-state index >= 15 is 0 Å². The fourth-order valence-corrected chi connectivity index (χ4v) is 0.671. The van der Waals surface area contributed by atoms with Gasteiger partial charge < -0.3 is 10.1 Å². The maximum atomic E-state index is 11.1. The summed E-state index contributed by atoms with van der Waals surface area (Å²) in [5.74, 6) is -1.33. The van der Waals surface area contributed by atoms with Crippen molar-refractivity contribution < 1.29 is 19.1 Å². The summed E-state index contributed by atoms with van der Waals surface area (Å²) < 4.78 is 4.67. The Kier molecular flexibility index (Phi) is 6.08. The van der Waals surface area contributed by atoms with Crippen LogP contribution in [-0.4, -0.2) is 31.6 Å². The SMILES string of the molecule is CCC(C)C(=O)OCC(=O)NC(=O)NC. The van der Waals surface area contributed by atoms with Gasteiger partial charge in [0.25, 0.3) is 5.91 Å². The van der Waals surface area contributed by atoms with E-state index in [1.165, 1.54) is 7.05 Å². The largest absolute Gasteiger partial charge is 0.455 e. The Morgan fingerprint density at radius 2 is 1.93 bits per heavy atom. The smallest absolute Gasteiger partial charge is 0.321 e. The monoisotopic (exact) mass is 216 g/mol. The Morgan fingerprint density at radius 1 is 1.33 bits per heavy atom. The van der Waals surface area contributed by atoms with Crippen molar-refractivity contribution in [1.82, 2.24) is 10.6 Å². The summed E-state index contributed by atoms with van der Waals surface area (Å²) in [6.07, 6.45) is 0.649. The zero-order valence-electron chi connectivity index (χ0n) is 9.12. The average Bonchev–Trinajstić information content (AvgIpc) is 2.24. The molecule has 0 aliphatic heterocycles.